The van der Waals surface area contributed by atoms with Gasteiger partial charge in [0.1, 0.15) is 6.61 Å². The molecule has 2 aromatic rings. The first-order valence-corrected chi connectivity index (χ1v) is 4.19. The minimum atomic E-state index is -0.222. The molecule has 2 heterocycles. The maximum absolute atomic E-state index is 8.71. The van der Waals surface area contributed by atoms with Gasteiger partial charge in [-0.15, -0.1) is 0 Å². The van der Waals surface area contributed by atoms with Crippen molar-refractivity contribution in [1.82, 2.24) is 15.1 Å². The second-order valence-corrected chi connectivity index (χ2v) is 2.80. The van der Waals surface area contributed by atoms with Crippen LogP contribution in [0, 0.1) is 0 Å². The maximum atomic E-state index is 8.71. The summed E-state index contributed by atoms with van der Waals surface area (Å²) in [5.41, 5.74) is 1.01. The van der Waals surface area contributed by atoms with Crippen LogP contribution < -0.4 is 0 Å². The average Bonchev–Trinajstić information content (AvgIpc) is 2.67. The van der Waals surface area contributed by atoms with Crippen molar-refractivity contribution in [2.75, 3.05) is 0 Å². The van der Waals surface area contributed by atoms with Crippen LogP contribution in [-0.4, -0.2) is 20.2 Å². The van der Waals surface area contributed by atoms with Gasteiger partial charge in [-0.2, -0.15) is 4.98 Å². The summed E-state index contributed by atoms with van der Waals surface area (Å²) < 4.78 is 4.75. The molecule has 0 radical (unpaired) electrons. The van der Waals surface area contributed by atoms with Crippen LogP contribution in [0.15, 0.2) is 29.0 Å². The van der Waals surface area contributed by atoms with Crippen molar-refractivity contribution in [3.05, 3.63) is 41.8 Å². The van der Waals surface area contributed by atoms with E-state index in [4.69, 9.17) is 9.63 Å². The van der Waals surface area contributed by atoms with Crippen LogP contribution in [0.2, 0.25) is 0 Å². The SMILES string of the molecule is OCc1nc(Cc2cccnc2)no1. The van der Waals surface area contributed by atoms with E-state index in [-0.39, 0.29) is 12.5 Å². The van der Waals surface area contributed by atoms with E-state index in [9.17, 15) is 0 Å². The van der Waals surface area contributed by atoms with Crippen molar-refractivity contribution in [2.24, 2.45) is 0 Å². The van der Waals surface area contributed by atoms with Crippen molar-refractivity contribution in [3.8, 4) is 0 Å². The van der Waals surface area contributed by atoms with E-state index in [0.717, 1.165) is 5.56 Å². The lowest BCUT2D eigenvalue weighted by Gasteiger charge is -1.92. The normalized spacial score (nSPS) is 10.4. The molecule has 14 heavy (non-hydrogen) atoms. The molecular formula is C9H9N3O2. The number of aromatic nitrogens is 3. The van der Waals surface area contributed by atoms with E-state index < -0.39 is 0 Å². The highest BCUT2D eigenvalue weighted by Gasteiger charge is 2.05. The van der Waals surface area contributed by atoms with Gasteiger partial charge in [-0.3, -0.25) is 4.98 Å². The maximum Gasteiger partial charge on any atom is 0.252 e. The molecule has 5 heteroatoms. The molecule has 2 aromatic heterocycles. The minimum absolute atomic E-state index is 0.222. The molecule has 0 aromatic carbocycles. The smallest absolute Gasteiger partial charge is 0.252 e. The third kappa shape index (κ3) is 1.94. The van der Waals surface area contributed by atoms with Crippen molar-refractivity contribution in [2.45, 2.75) is 13.0 Å². The number of aliphatic hydroxyl groups excluding tert-OH is 1. The summed E-state index contributed by atoms with van der Waals surface area (Å²) in [6, 6.07) is 3.78. The van der Waals surface area contributed by atoms with Crippen LogP contribution in [0.3, 0.4) is 0 Å². The molecule has 0 aliphatic rings. The Morgan fingerprint density at radius 3 is 3.00 bits per heavy atom. The number of hydrogen-bond acceptors (Lipinski definition) is 5. The monoisotopic (exact) mass is 191 g/mol. The van der Waals surface area contributed by atoms with E-state index in [1.165, 1.54) is 0 Å². The lowest BCUT2D eigenvalue weighted by Crippen LogP contribution is -1.91. The summed E-state index contributed by atoms with van der Waals surface area (Å²) >= 11 is 0. The lowest BCUT2D eigenvalue weighted by atomic mass is 10.2. The Morgan fingerprint density at radius 2 is 2.36 bits per heavy atom. The summed E-state index contributed by atoms with van der Waals surface area (Å²) in [7, 11) is 0. The van der Waals surface area contributed by atoms with Crippen LogP contribution in [0.1, 0.15) is 17.3 Å². The molecule has 0 saturated carbocycles. The summed E-state index contributed by atoms with van der Waals surface area (Å²) in [6.07, 6.45) is 4.02. The standard InChI is InChI=1S/C9H9N3O2/c13-6-9-11-8(12-14-9)4-7-2-1-3-10-5-7/h1-3,5,13H,4,6H2. The lowest BCUT2D eigenvalue weighted by molar-refractivity contribution is 0.222. The Morgan fingerprint density at radius 1 is 1.43 bits per heavy atom. The summed E-state index contributed by atoms with van der Waals surface area (Å²) in [4.78, 5) is 7.94. The highest BCUT2D eigenvalue weighted by atomic mass is 16.5. The number of aliphatic hydroxyl groups is 1. The summed E-state index contributed by atoms with van der Waals surface area (Å²) in [5.74, 6) is 0.797. The second kappa shape index (κ2) is 3.97. The van der Waals surface area contributed by atoms with Gasteiger partial charge in [-0.05, 0) is 11.6 Å². The Hall–Kier alpha value is -1.75. The molecule has 2 rings (SSSR count). The average molecular weight is 191 g/mol. The molecule has 5 nitrogen and oxygen atoms in total. The van der Waals surface area contributed by atoms with E-state index in [2.05, 4.69) is 15.1 Å². The topological polar surface area (TPSA) is 72.0 Å². The van der Waals surface area contributed by atoms with Crippen LogP contribution >= 0.6 is 0 Å². The third-order valence-corrected chi connectivity index (χ3v) is 1.73. The fourth-order valence-electron chi connectivity index (χ4n) is 1.11. The van der Waals surface area contributed by atoms with Crippen molar-refractivity contribution in [3.63, 3.8) is 0 Å². The largest absolute Gasteiger partial charge is 0.387 e. The second-order valence-electron chi connectivity index (χ2n) is 2.80. The van der Waals surface area contributed by atoms with Gasteiger partial charge in [0.25, 0.3) is 5.89 Å². The highest BCUT2D eigenvalue weighted by Crippen LogP contribution is 2.04. The molecule has 0 saturated heterocycles. The Labute approximate surface area is 80.4 Å². The zero-order valence-corrected chi connectivity index (χ0v) is 7.42. The van der Waals surface area contributed by atoms with Gasteiger partial charge in [-0.1, -0.05) is 11.2 Å². The van der Waals surface area contributed by atoms with Crippen molar-refractivity contribution >= 4 is 0 Å². The molecule has 0 unspecified atom stereocenters. The van der Waals surface area contributed by atoms with E-state index in [0.29, 0.717) is 12.2 Å². The van der Waals surface area contributed by atoms with Gasteiger partial charge >= 0.3 is 0 Å². The summed E-state index contributed by atoms with van der Waals surface area (Å²) in [6.45, 7) is -0.222. The van der Waals surface area contributed by atoms with Gasteiger partial charge in [0, 0.05) is 18.8 Å². The fraction of sp³-hybridized carbons (Fsp3) is 0.222. The Balaban J connectivity index is 2.11. The quantitative estimate of drug-likeness (QED) is 0.766. The molecule has 0 bridgehead atoms. The van der Waals surface area contributed by atoms with Gasteiger partial charge in [0.05, 0.1) is 0 Å². The predicted molar refractivity (Wildman–Crippen MR) is 47.3 cm³/mol. The Bertz CT molecular complexity index is 399. The van der Waals surface area contributed by atoms with Gasteiger partial charge in [0.15, 0.2) is 5.82 Å². The number of hydrogen-bond donors (Lipinski definition) is 1. The molecule has 0 aliphatic carbocycles. The van der Waals surface area contributed by atoms with E-state index >= 15 is 0 Å². The molecule has 72 valence electrons. The minimum Gasteiger partial charge on any atom is -0.387 e. The fourth-order valence-corrected chi connectivity index (χ4v) is 1.11. The summed E-state index contributed by atoms with van der Waals surface area (Å²) in [5, 5.41) is 12.4. The van der Waals surface area contributed by atoms with Crippen molar-refractivity contribution < 1.29 is 9.63 Å². The van der Waals surface area contributed by atoms with Gasteiger partial charge in [0.2, 0.25) is 0 Å². The first kappa shape index (κ1) is 8.83. The Kier molecular flexibility index (Phi) is 2.51. The van der Waals surface area contributed by atoms with Crippen LogP contribution in [0.5, 0.6) is 0 Å². The third-order valence-electron chi connectivity index (χ3n) is 1.73. The molecule has 0 aliphatic heterocycles. The van der Waals surface area contributed by atoms with Crippen LogP contribution in [0.25, 0.3) is 0 Å². The molecule has 0 spiro atoms. The number of rotatable bonds is 3. The predicted octanol–water partition coefficient (Wildman–Crippen LogP) is 0.548. The molecular weight excluding hydrogens is 182 g/mol. The zero-order valence-electron chi connectivity index (χ0n) is 7.42. The van der Waals surface area contributed by atoms with Crippen molar-refractivity contribution in [1.29, 1.82) is 0 Å². The first-order valence-electron chi connectivity index (χ1n) is 4.19. The molecule has 1 N–H and O–H groups in total. The number of nitrogens with zero attached hydrogens (tertiary/aromatic N) is 3. The van der Waals surface area contributed by atoms with Gasteiger partial charge in [-0.25, -0.2) is 0 Å². The molecule has 0 fully saturated rings. The van der Waals surface area contributed by atoms with E-state index in [1.54, 1.807) is 12.4 Å². The first-order chi connectivity index (χ1) is 6.88. The highest BCUT2D eigenvalue weighted by molar-refractivity contribution is 5.13. The zero-order chi connectivity index (χ0) is 9.80. The molecule has 0 amide bonds. The van der Waals surface area contributed by atoms with Gasteiger partial charge < -0.3 is 9.63 Å². The van der Waals surface area contributed by atoms with E-state index in [1.807, 2.05) is 12.1 Å². The molecule has 0 atom stereocenters. The van der Waals surface area contributed by atoms with Crippen LogP contribution in [-0.2, 0) is 13.0 Å². The van der Waals surface area contributed by atoms with Crippen LogP contribution in [0.4, 0.5) is 0 Å². The number of pyridine rings is 1.